The summed E-state index contributed by atoms with van der Waals surface area (Å²) in [6.07, 6.45) is 2.87. The topological polar surface area (TPSA) is 29.5 Å². The maximum Gasteiger partial charge on any atom is 0.248 e. The van der Waals surface area contributed by atoms with Crippen molar-refractivity contribution in [1.82, 2.24) is 4.90 Å². The molecule has 1 aliphatic rings. The first kappa shape index (κ1) is 17.0. The standard InChI is InChI=1S/C20H22ClNO2/c21-19-11-5-4-9-17(19)13-18-10-6-12-22(18)20(23)15-24-14-16-7-2-1-3-8-16/h1-5,7-9,11,18H,6,10,12-15H2. The van der Waals surface area contributed by atoms with Gasteiger partial charge in [-0.05, 0) is 36.5 Å². The smallest absolute Gasteiger partial charge is 0.248 e. The van der Waals surface area contributed by atoms with Crippen molar-refractivity contribution in [2.24, 2.45) is 0 Å². The van der Waals surface area contributed by atoms with E-state index < -0.39 is 0 Å². The SMILES string of the molecule is O=C(COCc1ccccc1)N1CCCC1Cc1ccccc1Cl. The van der Waals surface area contributed by atoms with Crippen molar-refractivity contribution in [3.05, 3.63) is 70.7 Å². The Balaban J connectivity index is 1.53. The monoisotopic (exact) mass is 343 g/mol. The van der Waals surface area contributed by atoms with Crippen LogP contribution in [-0.2, 0) is 22.6 Å². The summed E-state index contributed by atoms with van der Waals surface area (Å²) < 4.78 is 5.60. The lowest BCUT2D eigenvalue weighted by Gasteiger charge is -2.25. The molecule has 0 saturated carbocycles. The van der Waals surface area contributed by atoms with Gasteiger partial charge in [0, 0.05) is 17.6 Å². The number of halogens is 1. The number of amides is 1. The van der Waals surface area contributed by atoms with Crippen molar-refractivity contribution < 1.29 is 9.53 Å². The summed E-state index contributed by atoms with van der Waals surface area (Å²) in [5, 5.41) is 0.775. The summed E-state index contributed by atoms with van der Waals surface area (Å²) in [5.41, 5.74) is 2.19. The molecule has 2 aromatic carbocycles. The lowest BCUT2D eigenvalue weighted by molar-refractivity contribution is -0.137. The molecule has 1 heterocycles. The molecule has 1 unspecified atom stereocenters. The van der Waals surface area contributed by atoms with Crippen LogP contribution >= 0.6 is 11.6 Å². The van der Waals surface area contributed by atoms with Crippen molar-refractivity contribution in [2.75, 3.05) is 13.2 Å². The van der Waals surface area contributed by atoms with Gasteiger partial charge in [0.05, 0.1) is 6.61 Å². The first-order chi connectivity index (χ1) is 11.7. The summed E-state index contributed by atoms with van der Waals surface area (Å²) in [5.74, 6) is 0.0699. The highest BCUT2D eigenvalue weighted by Gasteiger charge is 2.29. The molecule has 0 aliphatic carbocycles. The Morgan fingerprint density at radius 1 is 1.12 bits per heavy atom. The van der Waals surface area contributed by atoms with Crippen LogP contribution in [0.5, 0.6) is 0 Å². The number of hydrogen-bond donors (Lipinski definition) is 0. The first-order valence-electron chi connectivity index (χ1n) is 8.38. The molecule has 0 radical (unpaired) electrons. The fraction of sp³-hybridized carbons (Fsp3) is 0.350. The van der Waals surface area contributed by atoms with Gasteiger partial charge in [0.15, 0.2) is 0 Å². The van der Waals surface area contributed by atoms with Gasteiger partial charge >= 0.3 is 0 Å². The molecule has 1 atom stereocenters. The van der Waals surface area contributed by atoms with E-state index in [1.807, 2.05) is 59.5 Å². The molecule has 24 heavy (non-hydrogen) atoms. The molecule has 0 spiro atoms. The van der Waals surface area contributed by atoms with Gasteiger partial charge in [-0.2, -0.15) is 0 Å². The molecule has 2 aromatic rings. The highest BCUT2D eigenvalue weighted by atomic mass is 35.5. The highest BCUT2D eigenvalue weighted by molar-refractivity contribution is 6.31. The van der Waals surface area contributed by atoms with Gasteiger partial charge in [-0.3, -0.25) is 4.79 Å². The van der Waals surface area contributed by atoms with Gasteiger partial charge in [0.25, 0.3) is 0 Å². The third-order valence-corrected chi connectivity index (χ3v) is 4.82. The Morgan fingerprint density at radius 3 is 2.67 bits per heavy atom. The zero-order chi connectivity index (χ0) is 16.8. The number of rotatable bonds is 6. The van der Waals surface area contributed by atoms with E-state index >= 15 is 0 Å². The van der Waals surface area contributed by atoms with E-state index in [9.17, 15) is 4.79 Å². The van der Waals surface area contributed by atoms with Gasteiger partial charge in [-0.1, -0.05) is 60.1 Å². The average Bonchev–Trinajstić information content (AvgIpc) is 3.06. The second kappa shape index (κ2) is 8.32. The normalized spacial score (nSPS) is 17.2. The Hall–Kier alpha value is -1.84. The summed E-state index contributed by atoms with van der Waals surface area (Å²) in [6.45, 7) is 1.41. The second-order valence-corrected chi connectivity index (χ2v) is 6.56. The maximum atomic E-state index is 12.5. The van der Waals surface area contributed by atoms with Gasteiger partial charge in [0.2, 0.25) is 5.91 Å². The maximum absolute atomic E-state index is 12.5. The van der Waals surface area contributed by atoms with Gasteiger partial charge < -0.3 is 9.64 Å². The zero-order valence-electron chi connectivity index (χ0n) is 13.7. The Bertz CT molecular complexity index is 674. The van der Waals surface area contributed by atoms with E-state index in [4.69, 9.17) is 16.3 Å². The van der Waals surface area contributed by atoms with Crippen molar-refractivity contribution in [3.8, 4) is 0 Å². The molecule has 1 fully saturated rings. The summed E-state index contributed by atoms with van der Waals surface area (Å²) in [7, 11) is 0. The van der Waals surface area contributed by atoms with Crippen LogP contribution in [0.1, 0.15) is 24.0 Å². The van der Waals surface area contributed by atoms with Crippen molar-refractivity contribution in [3.63, 3.8) is 0 Å². The molecule has 126 valence electrons. The van der Waals surface area contributed by atoms with Crippen LogP contribution in [0.15, 0.2) is 54.6 Å². The molecule has 1 aliphatic heterocycles. The summed E-state index contributed by atoms with van der Waals surface area (Å²) in [6, 6.07) is 18.0. The van der Waals surface area contributed by atoms with E-state index in [-0.39, 0.29) is 18.6 Å². The average molecular weight is 344 g/mol. The number of hydrogen-bond acceptors (Lipinski definition) is 2. The predicted octanol–water partition coefficient (Wildman–Crippen LogP) is 4.09. The van der Waals surface area contributed by atoms with Crippen molar-refractivity contribution in [1.29, 1.82) is 0 Å². The van der Waals surface area contributed by atoms with E-state index in [0.717, 1.165) is 42.0 Å². The fourth-order valence-electron chi connectivity index (χ4n) is 3.21. The van der Waals surface area contributed by atoms with Crippen molar-refractivity contribution >= 4 is 17.5 Å². The number of likely N-dealkylation sites (tertiary alicyclic amines) is 1. The minimum atomic E-state index is 0.0699. The number of benzene rings is 2. The third-order valence-electron chi connectivity index (χ3n) is 4.45. The van der Waals surface area contributed by atoms with Gasteiger partial charge in [-0.25, -0.2) is 0 Å². The fourth-order valence-corrected chi connectivity index (χ4v) is 3.42. The molecule has 3 nitrogen and oxygen atoms in total. The molecule has 3 rings (SSSR count). The number of carbonyl (C=O) groups excluding carboxylic acids is 1. The number of ether oxygens (including phenoxy) is 1. The highest BCUT2D eigenvalue weighted by Crippen LogP contribution is 2.25. The lowest BCUT2D eigenvalue weighted by Crippen LogP contribution is -2.39. The molecule has 4 heteroatoms. The van der Waals surface area contributed by atoms with E-state index in [2.05, 4.69) is 0 Å². The van der Waals surface area contributed by atoms with Gasteiger partial charge in [-0.15, -0.1) is 0 Å². The summed E-state index contributed by atoms with van der Waals surface area (Å²) >= 11 is 6.25. The molecule has 1 saturated heterocycles. The van der Waals surface area contributed by atoms with Crippen LogP contribution in [0.25, 0.3) is 0 Å². The minimum absolute atomic E-state index is 0.0699. The third kappa shape index (κ3) is 4.37. The summed E-state index contributed by atoms with van der Waals surface area (Å²) in [4.78, 5) is 14.4. The van der Waals surface area contributed by atoms with Crippen LogP contribution in [-0.4, -0.2) is 30.0 Å². The number of nitrogens with zero attached hydrogens (tertiary/aromatic N) is 1. The first-order valence-corrected chi connectivity index (χ1v) is 8.76. The molecular formula is C20H22ClNO2. The van der Waals surface area contributed by atoms with E-state index in [1.54, 1.807) is 0 Å². The van der Waals surface area contributed by atoms with Crippen LogP contribution < -0.4 is 0 Å². The minimum Gasteiger partial charge on any atom is -0.367 e. The Labute approximate surface area is 148 Å². The van der Waals surface area contributed by atoms with Crippen LogP contribution in [0, 0.1) is 0 Å². The van der Waals surface area contributed by atoms with E-state index in [1.165, 1.54) is 0 Å². The molecule has 1 amide bonds. The van der Waals surface area contributed by atoms with Crippen LogP contribution in [0.2, 0.25) is 5.02 Å². The quantitative estimate of drug-likeness (QED) is 0.790. The lowest BCUT2D eigenvalue weighted by atomic mass is 10.0. The predicted molar refractivity (Wildman–Crippen MR) is 96.0 cm³/mol. The van der Waals surface area contributed by atoms with Crippen LogP contribution in [0.3, 0.4) is 0 Å². The van der Waals surface area contributed by atoms with E-state index in [0.29, 0.717) is 6.61 Å². The zero-order valence-corrected chi connectivity index (χ0v) is 14.4. The molecule has 0 aromatic heterocycles. The second-order valence-electron chi connectivity index (χ2n) is 6.16. The molecule has 0 bridgehead atoms. The van der Waals surface area contributed by atoms with Crippen LogP contribution in [0.4, 0.5) is 0 Å². The Morgan fingerprint density at radius 2 is 1.88 bits per heavy atom. The number of carbonyl (C=O) groups is 1. The van der Waals surface area contributed by atoms with Gasteiger partial charge in [0.1, 0.15) is 6.61 Å². The molecular weight excluding hydrogens is 322 g/mol. The van der Waals surface area contributed by atoms with Crippen molar-refractivity contribution in [2.45, 2.75) is 31.9 Å². The largest absolute Gasteiger partial charge is 0.367 e. The molecule has 0 N–H and O–H groups in total. The Kier molecular flexibility index (Phi) is 5.89.